The van der Waals surface area contributed by atoms with Gasteiger partial charge >= 0.3 is 0 Å². The molecule has 0 spiro atoms. The van der Waals surface area contributed by atoms with Crippen molar-refractivity contribution in [3.63, 3.8) is 0 Å². The van der Waals surface area contributed by atoms with Gasteiger partial charge in [0.2, 0.25) is 0 Å². The molecule has 1 fully saturated rings. The molecule has 0 saturated heterocycles. The molecule has 1 aliphatic carbocycles. The summed E-state index contributed by atoms with van der Waals surface area (Å²) in [5.74, 6) is 0.604. The number of aliphatic hydroxyl groups is 1. The van der Waals surface area contributed by atoms with Crippen LogP contribution in [0.4, 0.5) is 0 Å². The molecule has 0 aromatic heterocycles. The SMILES string of the molecule is CC1CCCC(O)(CNC(C)c2cccc(C#N)c2)C1. The van der Waals surface area contributed by atoms with Gasteiger partial charge in [0.1, 0.15) is 0 Å². The van der Waals surface area contributed by atoms with Crippen molar-refractivity contribution >= 4 is 0 Å². The Balaban J connectivity index is 1.94. The minimum Gasteiger partial charge on any atom is -0.389 e. The Morgan fingerprint density at radius 3 is 3.05 bits per heavy atom. The number of hydrogen-bond acceptors (Lipinski definition) is 3. The molecule has 108 valence electrons. The van der Waals surface area contributed by atoms with E-state index in [4.69, 9.17) is 5.26 Å². The van der Waals surface area contributed by atoms with Gasteiger partial charge in [0.05, 0.1) is 17.2 Å². The third kappa shape index (κ3) is 3.82. The molecule has 0 heterocycles. The molecule has 3 atom stereocenters. The molecule has 0 radical (unpaired) electrons. The van der Waals surface area contributed by atoms with Crippen molar-refractivity contribution < 1.29 is 5.11 Å². The van der Waals surface area contributed by atoms with Crippen LogP contribution in [0.2, 0.25) is 0 Å². The van der Waals surface area contributed by atoms with E-state index in [0.717, 1.165) is 24.8 Å². The summed E-state index contributed by atoms with van der Waals surface area (Å²) in [6.07, 6.45) is 4.10. The zero-order valence-electron chi connectivity index (χ0n) is 12.4. The van der Waals surface area contributed by atoms with Crippen LogP contribution in [0.1, 0.15) is 56.7 Å². The first kappa shape index (κ1) is 15.0. The summed E-state index contributed by atoms with van der Waals surface area (Å²) >= 11 is 0. The van der Waals surface area contributed by atoms with E-state index in [1.54, 1.807) is 0 Å². The van der Waals surface area contributed by atoms with Gasteiger partial charge in [-0.3, -0.25) is 0 Å². The smallest absolute Gasteiger partial charge is 0.0991 e. The highest BCUT2D eigenvalue weighted by atomic mass is 16.3. The number of nitrogens with zero attached hydrogens (tertiary/aromatic N) is 1. The van der Waals surface area contributed by atoms with Gasteiger partial charge in [-0.25, -0.2) is 0 Å². The third-order valence-electron chi connectivity index (χ3n) is 4.32. The van der Waals surface area contributed by atoms with Crippen LogP contribution < -0.4 is 5.32 Å². The van der Waals surface area contributed by atoms with Gasteiger partial charge in [-0.1, -0.05) is 31.9 Å². The van der Waals surface area contributed by atoms with Crippen molar-refractivity contribution in [2.75, 3.05) is 6.54 Å². The lowest BCUT2D eigenvalue weighted by Crippen LogP contribution is -2.44. The van der Waals surface area contributed by atoms with Crippen LogP contribution in [-0.4, -0.2) is 17.3 Å². The molecule has 3 unspecified atom stereocenters. The zero-order valence-corrected chi connectivity index (χ0v) is 12.4. The van der Waals surface area contributed by atoms with Crippen LogP contribution in [0.25, 0.3) is 0 Å². The number of rotatable bonds is 4. The molecule has 3 nitrogen and oxygen atoms in total. The molecule has 0 aliphatic heterocycles. The van der Waals surface area contributed by atoms with Crippen molar-refractivity contribution in [2.24, 2.45) is 5.92 Å². The van der Waals surface area contributed by atoms with Crippen LogP contribution in [0.5, 0.6) is 0 Å². The van der Waals surface area contributed by atoms with E-state index in [2.05, 4.69) is 25.2 Å². The maximum absolute atomic E-state index is 10.6. The first-order valence-corrected chi connectivity index (χ1v) is 7.48. The topological polar surface area (TPSA) is 56.0 Å². The molecule has 20 heavy (non-hydrogen) atoms. The monoisotopic (exact) mass is 272 g/mol. The highest BCUT2D eigenvalue weighted by molar-refractivity contribution is 5.34. The molecule has 0 bridgehead atoms. The van der Waals surface area contributed by atoms with Gasteiger partial charge in [0.15, 0.2) is 0 Å². The molecule has 0 amide bonds. The van der Waals surface area contributed by atoms with Gasteiger partial charge in [-0.05, 0) is 43.4 Å². The summed E-state index contributed by atoms with van der Waals surface area (Å²) in [6, 6.07) is 9.95. The van der Waals surface area contributed by atoms with Crippen LogP contribution >= 0.6 is 0 Å². The fourth-order valence-electron chi connectivity index (χ4n) is 3.13. The number of nitriles is 1. The van der Waals surface area contributed by atoms with Gasteiger partial charge < -0.3 is 10.4 Å². The summed E-state index contributed by atoms with van der Waals surface area (Å²) < 4.78 is 0. The average molecular weight is 272 g/mol. The zero-order chi connectivity index (χ0) is 14.6. The lowest BCUT2D eigenvalue weighted by atomic mass is 9.79. The van der Waals surface area contributed by atoms with E-state index in [1.807, 2.05) is 24.3 Å². The molecule has 1 aromatic carbocycles. The molecule has 3 heteroatoms. The predicted octanol–water partition coefficient (Wildman–Crippen LogP) is 3.15. The second-order valence-electron chi connectivity index (χ2n) is 6.27. The third-order valence-corrected chi connectivity index (χ3v) is 4.32. The van der Waals surface area contributed by atoms with E-state index in [1.165, 1.54) is 6.42 Å². The Labute approximate surface area is 121 Å². The van der Waals surface area contributed by atoms with E-state index < -0.39 is 5.60 Å². The molecule has 1 saturated carbocycles. The standard InChI is InChI=1S/C17H24N2O/c1-13-5-4-8-17(20,10-13)12-19-14(2)16-7-3-6-15(9-16)11-18/h3,6-7,9,13-14,19-20H,4-5,8,10,12H2,1-2H3. The van der Waals surface area contributed by atoms with Crippen LogP contribution in [0.15, 0.2) is 24.3 Å². The quantitative estimate of drug-likeness (QED) is 0.885. The lowest BCUT2D eigenvalue weighted by molar-refractivity contribution is -0.0134. The van der Waals surface area contributed by atoms with E-state index in [0.29, 0.717) is 18.0 Å². The van der Waals surface area contributed by atoms with Crippen LogP contribution in [0.3, 0.4) is 0 Å². The first-order valence-electron chi connectivity index (χ1n) is 7.48. The van der Waals surface area contributed by atoms with Crippen LogP contribution in [-0.2, 0) is 0 Å². The Bertz CT molecular complexity index is 494. The van der Waals surface area contributed by atoms with Crippen molar-refractivity contribution in [2.45, 2.75) is 51.2 Å². The van der Waals surface area contributed by atoms with E-state index in [9.17, 15) is 5.11 Å². The highest BCUT2D eigenvalue weighted by Gasteiger charge is 2.32. The summed E-state index contributed by atoms with van der Waals surface area (Å²) in [5.41, 5.74) is 1.20. The average Bonchev–Trinajstić information content (AvgIpc) is 2.44. The minimum atomic E-state index is -0.571. The molecule has 2 rings (SSSR count). The fourth-order valence-corrected chi connectivity index (χ4v) is 3.13. The van der Waals surface area contributed by atoms with Crippen LogP contribution in [0, 0.1) is 17.2 Å². The molecular weight excluding hydrogens is 248 g/mol. The van der Waals surface area contributed by atoms with E-state index in [-0.39, 0.29) is 6.04 Å². The van der Waals surface area contributed by atoms with Crippen molar-refractivity contribution in [1.29, 1.82) is 5.26 Å². The maximum Gasteiger partial charge on any atom is 0.0991 e. The molecular formula is C17H24N2O. The summed E-state index contributed by atoms with van der Waals surface area (Å²) in [5, 5.41) is 23.0. The number of hydrogen-bond donors (Lipinski definition) is 2. The van der Waals surface area contributed by atoms with Gasteiger partial charge in [0.25, 0.3) is 0 Å². The molecule has 1 aromatic rings. The summed E-state index contributed by atoms with van der Waals surface area (Å²) in [7, 11) is 0. The van der Waals surface area contributed by atoms with Crippen molar-refractivity contribution in [1.82, 2.24) is 5.32 Å². The first-order chi connectivity index (χ1) is 9.52. The normalized spacial score (nSPS) is 27.8. The lowest BCUT2D eigenvalue weighted by Gasteiger charge is -2.36. The Hall–Kier alpha value is -1.37. The Morgan fingerprint density at radius 2 is 2.35 bits per heavy atom. The van der Waals surface area contributed by atoms with Crippen molar-refractivity contribution in [3.8, 4) is 6.07 Å². The number of nitrogens with one attached hydrogen (secondary N) is 1. The Kier molecular flexibility index (Phi) is 4.80. The Morgan fingerprint density at radius 1 is 1.55 bits per heavy atom. The molecule has 2 N–H and O–H groups in total. The number of benzene rings is 1. The summed E-state index contributed by atoms with van der Waals surface area (Å²) in [6.45, 7) is 4.91. The largest absolute Gasteiger partial charge is 0.389 e. The molecule has 1 aliphatic rings. The summed E-state index contributed by atoms with van der Waals surface area (Å²) in [4.78, 5) is 0. The fraction of sp³-hybridized carbons (Fsp3) is 0.588. The second kappa shape index (κ2) is 6.39. The van der Waals surface area contributed by atoms with Gasteiger partial charge in [-0.2, -0.15) is 5.26 Å². The maximum atomic E-state index is 10.6. The van der Waals surface area contributed by atoms with E-state index >= 15 is 0 Å². The predicted molar refractivity (Wildman–Crippen MR) is 80.2 cm³/mol. The minimum absolute atomic E-state index is 0.143. The van der Waals surface area contributed by atoms with Gasteiger partial charge in [-0.15, -0.1) is 0 Å². The van der Waals surface area contributed by atoms with Gasteiger partial charge in [0, 0.05) is 12.6 Å². The second-order valence-corrected chi connectivity index (χ2v) is 6.27. The highest BCUT2D eigenvalue weighted by Crippen LogP contribution is 2.32. The van der Waals surface area contributed by atoms with Crippen molar-refractivity contribution in [3.05, 3.63) is 35.4 Å².